The number of benzene rings is 3. The Morgan fingerprint density at radius 1 is 0.778 bits per heavy atom. The van der Waals surface area contributed by atoms with Crippen molar-refractivity contribution < 1.29 is 19.0 Å². The average Bonchev–Trinajstić information content (AvgIpc) is 3.04. The first-order chi connectivity index (χ1) is 13.2. The minimum Gasteiger partial charge on any atom is -0.427 e. The highest BCUT2D eigenvalue weighted by molar-refractivity contribution is 5.81. The number of rotatable bonds is 6. The van der Waals surface area contributed by atoms with Crippen LogP contribution in [-0.4, -0.2) is 20.7 Å². The number of carbonyl (C=O) groups excluding carboxylic acids is 1. The second-order valence-electron chi connectivity index (χ2n) is 6.38. The Bertz CT molecular complexity index is 921. The van der Waals surface area contributed by atoms with E-state index in [0.717, 1.165) is 22.3 Å². The molecule has 0 saturated carbocycles. The van der Waals surface area contributed by atoms with E-state index in [-0.39, 0.29) is 0 Å². The Hall–Kier alpha value is -2.95. The van der Waals surface area contributed by atoms with Gasteiger partial charge in [-0.05, 0) is 11.1 Å². The summed E-state index contributed by atoms with van der Waals surface area (Å²) in [6, 6.07) is 25.3. The molecule has 4 rings (SSSR count). The second kappa shape index (κ2) is 6.65. The molecule has 0 heterocycles. The molecule has 0 amide bonds. The minimum atomic E-state index is -1.49. The van der Waals surface area contributed by atoms with Gasteiger partial charge in [-0.25, -0.2) is 0 Å². The molecule has 0 N–H and O–H groups in total. The normalized spacial score (nSPS) is 16.1. The van der Waals surface area contributed by atoms with E-state index in [1.807, 2.05) is 78.9 Å². The van der Waals surface area contributed by atoms with Crippen LogP contribution in [0.2, 0.25) is 0 Å². The predicted octanol–water partition coefficient (Wildman–Crippen LogP) is 4.23. The molecule has 1 aliphatic carbocycles. The van der Waals surface area contributed by atoms with Gasteiger partial charge in [-0.2, -0.15) is 0 Å². The smallest absolute Gasteiger partial charge is 0.296 e. The lowest BCUT2D eigenvalue weighted by Crippen LogP contribution is -2.53. The van der Waals surface area contributed by atoms with Crippen molar-refractivity contribution in [3.8, 4) is 11.1 Å². The van der Waals surface area contributed by atoms with Crippen molar-refractivity contribution in [2.75, 3.05) is 14.2 Å². The van der Waals surface area contributed by atoms with Crippen LogP contribution in [0.1, 0.15) is 16.7 Å². The maximum absolute atomic E-state index is 11.6. The molecule has 3 aromatic carbocycles. The maximum Gasteiger partial charge on any atom is 0.296 e. The predicted molar refractivity (Wildman–Crippen MR) is 102 cm³/mol. The largest absolute Gasteiger partial charge is 0.427 e. The lowest BCUT2D eigenvalue weighted by atomic mass is 9.78. The molecular formula is C23H20O4. The summed E-state index contributed by atoms with van der Waals surface area (Å²) in [7, 11) is 3.14. The van der Waals surface area contributed by atoms with E-state index < -0.39 is 11.4 Å². The molecule has 4 heteroatoms. The van der Waals surface area contributed by atoms with Gasteiger partial charge in [0.05, 0.1) is 0 Å². The molecule has 3 aromatic rings. The van der Waals surface area contributed by atoms with Crippen molar-refractivity contribution >= 4 is 6.47 Å². The minimum absolute atomic E-state index is 0.417. The van der Waals surface area contributed by atoms with Gasteiger partial charge in [0.15, 0.2) is 5.60 Å². The fourth-order valence-electron chi connectivity index (χ4n) is 4.29. The monoisotopic (exact) mass is 360 g/mol. The molecule has 0 spiro atoms. The van der Waals surface area contributed by atoms with Crippen molar-refractivity contribution in [3.05, 3.63) is 95.6 Å². The third kappa shape index (κ3) is 2.21. The lowest BCUT2D eigenvalue weighted by molar-refractivity contribution is -0.299. The van der Waals surface area contributed by atoms with Crippen molar-refractivity contribution in [3.63, 3.8) is 0 Å². The number of carbonyl (C=O) groups is 1. The molecule has 1 atom stereocenters. The van der Waals surface area contributed by atoms with Gasteiger partial charge in [0.2, 0.25) is 0 Å². The van der Waals surface area contributed by atoms with E-state index in [1.54, 1.807) is 7.11 Å². The van der Waals surface area contributed by atoms with Crippen molar-refractivity contribution in [2.45, 2.75) is 11.4 Å². The van der Waals surface area contributed by atoms with Gasteiger partial charge in [-0.15, -0.1) is 0 Å². The van der Waals surface area contributed by atoms with Crippen LogP contribution in [0.25, 0.3) is 11.1 Å². The first-order valence-corrected chi connectivity index (χ1v) is 8.72. The molecule has 0 fully saturated rings. The van der Waals surface area contributed by atoms with Gasteiger partial charge in [0.25, 0.3) is 12.3 Å². The van der Waals surface area contributed by atoms with Crippen LogP contribution in [0.15, 0.2) is 78.9 Å². The first kappa shape index (κ1) is 17.5. The van der Waals surface area contributed by atoms with Crippen molar-refractivity contribution in [1.82, 2.24) is 0 Å². The highest BCUT2D eigenvalue weighted by Gasteiger charge is 2.62. The zero-order chi connectivity index (χ0) is 18.9. The summed E-state index contributed by atoms with van der Waals surface area (Å²) in [6.07, 6.45) is 0. The Labute approximate surface area is 158 Å². The number of methoxy groups -OCH3 is 2. The van der Waals surface area contributed by atoms with E-state index in [4.69, 9.17) is 14.2 Å². The summed E-state index contributed by atoms with van der Waals surface area (Å²) in [5, 5.41) is 0. The van der Waals surface area contributed by atoms with Gasteiger partial charge in [-0.3, -0.25) is 4.79 Å². The molecule has 1 unspecified atom stereocenters. The van der Waals surface area contributed by atoms with Crippen LogP contribution in [0.4, 0.5) is 0 Å². The van der Waals surface area contributed by atoms with Crippen molar-refractivity contribution in [1.29, 1.82) is 0 Å². The van der Waals surface area contributed by atoms with E-state index in [0.29, 0.717) is 12.0 Å². The van der Waals surface area contributed by atoms with E-state index in [9.17, 15) is 4.79 Å². The third-order valence-electron chi connectivity index (χ3n) is 5.33. The summed E-state index contributed by atoms with van der Waals surface area (Å²) in [6.45, 7) is 0.417. The van der Waals surface area contributed by atoms with E-state index in [2.05, 4.69) is 0 Å². The Morgan fingerprint density at radius 2 is 1.30 bits per heavy atom. The average molecular weight is 360 g/mol. The van der Waals surface area contributed by atoms with Crippen molar-refractivity contribution in [2.24, 2.45) is 0 Å². The standard InChI is InChI=1S/C23H20O4/c1-25-22(23(26-2,27-16-24)17-10-4-3-5-11-17)20-14-8-6-12-18(20)19-13-7-9-15-21(19)22/h3-16H,1-2H3. The Kier molecular flexibility index (Phi) is 4.30. The quantitative estimate of drug-likeness (QED) is 0.487. The van der Waals surface area contributed by atoms with Gasteiger partial charge in [0.1, 0.15) is 0 Å². The zero-order valence-electron chi connectivity index (χ0n) is 15.2. The van der Waals surface area contributed by atoms with Crippen LogP contribution < -0.4 is 0 Å². The molecule has 27 heavy (non-hydrogen) atoms. The fourth-order valence-corrected chi connectivity index (χ4v) is 4.29. The topological polar surface area (TPSA) is 44.8 Å². The zero-order valence-corrected chi connectivity index (χ0v) is 15.2. The van der Waals surface area contributed by atoms with Gasteiger partial charge in [0, 0.05) is 30.9 Å². The number of fused-ring (bicyclic) bond motifs is 3. The summed E-state index contributed by atoms with van der Waals surface area (Å²) >= 11 is 0. The van der Waals surface area contributed by atoms with Crippen LogP contribution in [0.5, 0.6) is 0 Å². The second-order valence-corrected chi connectivity index (χ2v) is 6.38. The van der Waals surface area contributed by atoms with Crippen LogP contribution in [-0.2, 0) is 30.4 Å². The van der Waals surface area contributed by atoms with Crippen LogP contribution in [0.3, 0.4) is 0 Å². The molecule has 136 valence electrons. The highest BCUT2D eigenvalue weighted by Crippen LogP contribution is 2.58. The molecule has 0 aromatic heterocycles. The summed E-state index contributed by atoms with van der Waals surface area (Å²) in [4.78, 5) is 11.6. The number of ether oxygens (including phenoxy) is 3. The molecule has 0 aliphatic heterocycles. The molecular weight excluding hydrogens is 340 g/mol. The Balaban J connectivity index is 2.13. The summed E-state index contributed by atoms with van der Waals surface area (Å²) in [5.41, 5.74) is 3.37. The van der Waals surface area contributed by atoms with Gasteiger partial charge in [-0.1, -0.05) is 78.9 Å². The number of hydrogen-bond acceptors (Lipinski definition) is 4. The summed E-state index contributed by atoms with van der Waals surface area (Å²) < 4.78 is 17.9. The van der Waals surface area contributed by atoms with Gasteiger partial charge >= 0.3 is 0 Å². The van der Waals surface area contributed by atoms with Gasteiger partial charge < -0.3 is 14.2 Å². The fraction of sp³-hybridized carbons (Fsp3) is 0.174. The molecule has 0 saturated heterocycles. The maximum atomic E-state index is 11.6. The summed E-state index contributed by atoms with van der Waals surface area (Å²) in [5.74, 6) is -1.49. The first-order valence-electron chi connectivity index (χ1n) is 8.72. The van der Waals surface area contributed by atoms with E-state index >= 15 is 0 Å². The Morgan fingerprint density at radius 3 is 1.78 bits per heavy atom. The number of hydrogen-bond donors (Lipinski definition) is 0. The van der Waals surface area contributed by atoms with E-state index in [1.165, 1.54) is 7.11 Å². The lowest BCUT2D eigenvalue weighted by Gasteiger charge is -2.45. The van der Waals surface area contributed by atoms with Crippen LogP contribution >= 0.6 is 0 Å². The molecule has 0 bridgehead atoms. The SMILES string of the molecule is COC(OC=O)(c1ccccc1)C1(OC)c2ccccc2-c2ccccc21. The molecule has 4 nitrogen and oxygen atoms in total. The van der Waals surface area contributed by atoms with Crippen LogP contribution in [0, 0.1) is 0 Å². The molecule has 1 aliphatic rings. The molecule has 0 radical (unpaired) electrons. The third-order valence-corrected chi connectivity index (χ3v) is 5.33. The highest BCUT2D eigenvalue weighted by atomic mass is 16.7.